The largest absolute Gasteiger partial charge is 0.481 e. The maximum absolute atomic E-state index is 13.0. The number of nitrogens with zero attached hydrogens (tertiary/aromatic N) is 1. The van der Waals surface area contributed by atoms with Crippen molar-refractivity contribution in [2.75, 3.05) is 0 Å². The van der Waals surface area contributed by atoms with E-state index in [1.165, 1.54) is 36.4 Å². The molecule has 0 fully saturated rings. The lowest BCUT2D eigenvalue weighted by Crippen LogP contribution is -2.30. The van der Waals surface area contributed by atoms with E-state index >= 15 is 0 Å². The van der Waals surface area contributed by atoms with Crippen LogP contribution in [0.25, 0.3) is 0 Å². The molecule has 0 aliphatic rings. The van der Waals surface area contributed by atoms with Gasteiger partial charge in [-0.15, -0.1) is 0 Å². The van der Waals surface area contributed by atoms with Gasteiger partial charge in [0.15, 0.2) is 0 Å². The molecule has 1 atom stereocenters. The summed E-state index contributed by atoms with van der Waals surface area (Å²) >= 11 is 0. The lowest BCUT2D eigenvalue weighted by molar-refractivity contribution is -0.137. The van der Waals surface area contributed by atoms with E-state index in [1.54, 1.807) is 0 Å². The lowest BCUT2D eigenvalue weighted by atomic mass is 10.1. The minimum atomic E-state index is -4.05. The summed E-state index contributed by atoms with van der Waals surface area (Å²) in [4.78, 5) is 10.9. The van der Waals surface area contributed by atoms with Crippen molar-refractivity contribution in [2.24, 2.45) is 0 Å². The Hall–Kier alpha value is -2.76. The molecule has 0 amide bonds. The standard InChI is InChI=1S/C16H13FN2O4S/c17-13-6-4-12(5-7-13)15(9-16(20)21)19-24(22,23)14-3-1-2-11(8-14)10-18/h1-8,15,19H,9H2,(H,20,21)/t15-/m0/s1. The number of carbonyl (C=O) groups is 1. The second-order valence-electron chi connectivity index (χ2n) is 4.96. The Balaban J connectivity index is 2.35. The SMILES string of the molecule is N#Cc1cccc(S(=O)(=O)N[C@@H](CC(=O)O)c2ccc(F)cc2)c1. The van der Waals surface area contributed by atoms with E-state index in [0.29, 0.717) is 5.56 Å². The fourth-order valence-corrected chi connectivity index (χ4v) is 3.36. The topological polar surface area (TPSA) is 107 Å². The molecular formula is C16H13FN2O4S. The Bertz CT molecular complexity index is 889. The Morgan fingerprint density at radius 1 is 1.25 bits per heavy atom. The first-order valence-electron chi connectivity index (χ1n) is 6.81. The predicted octanol–water partition coefficient (Wildman–Crippen LogP) is 2.19. The molecule has 2 rings (SSSR count). The first-order chi connectivity index (χ1) is 11.3. The van der Waals surface area contributed by atoms with Crippen LogP contribution in [0.2, 0.25) is 0 Å². The van der Waals surface area contributed by atoms with Crippen LogP contribution in [0.15, 0.2) is 53.4 Å². The van der Waals surface area contributed by atoms with Crippen molar-refractivity contribution in [2.45, 2.75) is 17.4 Å². The van der Waals surface area contributed by atoms with E-state index in [9.17, 15) is 17.6 Å². The smallest absolute Gasteiger partial charge is 0.305 e. The van der Waals surface area contributed by atoms with Gasteiger partial charge < -0.3 is 5.11 Å². The van der Waals surface area contributed by atoms with Crippen LogP contribution in [-0.4, -0.2) is 19.5 Å². The van der Waals surface area contributed by atoms with Crippen LogP contribution in [0.4, 0.5) is 4.39 Å². The second kappa shape index (κ2) is 7.21. The summed E-state index contributed by atoms with van der Waals surface area (Å²) < 4.78 is 40.2. The van der Waals surface area contributed by atoms with E-state index in [1.807, 2.05) is 6.07 Å². The van der Waals surface area contributed by atoms with Crippen LogP contribution < -0.4 is 4.72 Å². The number of halogens is 1. The monoisotopic (exact) mass is 348 g/mol. The highest BCUT2D eigenvalue weighted by Gasteiger charge is 2.24. The molecule has 0 radical (unpaired) electrons. The summed E-state index contributed by atoms with van der Waals surface area (Å²) in [6, 6.07) is 11.0. The van der Waals surface area contributed by atoms with Gasteiger partial charge in [0, 0.05) is 0 Å². The van der Waals surface area contributed by atoms with Crippen molar-refractivity contribution < 1.29 is 22.7 Å². The first kappa shape index (κ1) is 17.6. The summed E-state index contributed by atoms with van der Waals surface area (Å²) in [5, 5.41) is 17.9. The van der Waals surface area contributed by atoms with Crippen LogP contribution in [0.1, 0.15) is 23.6 Å². The molecule has 0 saturated carbocycles. The first-order valence-corrected chi connectivity index (χ1v) is 8.30. The van der Waals surface area contributed by atoms with Gasteiger partial charge in [0.25, 0.3) is 0 Å². The molecule has 8 heteroatoms. The molecule has 0 saturated heterocycles. The van der Waals surface area contributed by atoms with E-state index in [-0.39, 0.29) is 10.5 Å². The maximum Gasteiger partial charge on any atom is 0.305 e. The third kappa shape index (κ3) is 4.38. The zero-order valence-electron chi connectivity index (χ0n) is 12.3. The van der Waals surface area contributed by atoms with Crippen molar-refractivity contribution in [3.63, 3.8) is 0 Å². The number of rotatable bonds is 6. The molecule has 0 spiro atoms. The van der Waals surface area contributed by atoms with Crippen LogP contribution in [0.3, 0.4) is 0 Å². The summed E-state index contributed by atoms with van der Waals surface area (Å²) in [5.74, 6) is -1.73. The zero-order valence-corrected chi connectivity index (χ0v) is 13.1. The molecule has 0 heterocycles. The predicted molar refractivity (Wildman–Crippen MR) is 82.9 cm³/mol. The van der Waals surface area contributed by atoms with Crippen molar-refractivity contribution >= 4 is 16.0 Å². The summed E-state index contributed by atoms with van der Waals surface area (Å²) in [6.45, 7) is 0. The van der Waals surface area contributed by atoms with Gasteiger partial charge >= 0.3 is 5.97 Å². The van der Waals surface area contributed by atoms with Gasteiger partial charge in [0.05, 0.1) is 29.0 Å². The molecule has 0 bridgehead atoms. The van der Waals surface area contributed by atoms with Gasteiger partial charge in [-0.1, -0.05) is 18.2 Å². The Morgan fingerprint density at radius 3 is 2.50 bits per heavy atom. The minimum Gasteiger partial charge on any atom is -0.481 e. The summed E-state index contributed by atoms with van der Waals surface area (Å²) in [5.41, 5.74) is 0.480. The molecular weight excluding hydrogens is 335 g/mol. The normalized spacial score (nSPS) is 12.3. The highest BCUT2D eigenvalue weighted by Crippen LogP contribution is 2.21. The van der Waals surface area contributed by atoms with Crippen LogP contribution >= 0.6 is 0 Å². The molecule has 24 heavy (non-hydrogen) atoms. The van der Waals surface area contributed by atoms with E-state index in [4.69, 9.17) is 10.4 Å². The average molecular weight is 348 g/mol. The quantitative estimate of drug-likeness (QED) is 0.832. The van der Waals surface area contributed by atoms with E-state index in [2.05, 4.69) is 4.72 Å². The number of sulfonamides is 1. The Labute approximate surface area is 138 Å². The zero-order chi connectivity index (χ0) is 17.7. The molecule has 0 aliphatic carbocycles. The van der Waals surface area contributed by atoms with Crippen LogP contribution in [0, 0.1) is 17.1 Å². The number of carboxylic acid groups (broad SMARTS) is 1. The van der Waals surface area contributed by atoms with Gasteiger partial charge in [-0.3, -0.25) is 4.79 Å². The van der Waals surface area contributed by atoms with Crippen molar-refractivity contribution in [3.8, 4) is 6.07 Å². The maximum atomic E-state index is 13.0. The second-order valence-corrected chi connectivity index (χ2v) is 6.68. The number of nitrogens with one attached hydrogen (secondary N) is 1. The van der Waals surface area contributed by atoms with Gasteiger partial charge in [0.1, 0.15) is 5.82 Å². The number of nitriles is 1. The number of hydrogen-bond acceptors (Lipinski definition) is 4. The van der Waals surface area contributed by atoms with Crippen LogP contribution in [0.5, 0.6) is 0 Å². The molecule has 0 aliphatic heterocycles. The molecule has 2 aromatic carbocycles. The Morgan fingerprint density at radius 2 is 1.92 bits per heavy atom. The van der Waals surface area contributed by atoms with Gasteiger partial charge in [-0.05, 0) is 35.9 Å². The van der Waals surface area contributed by atoms with Crippen molar-refractivity contribution in [1.82, 2.24) is 4.72 Å². The number of aliphatic carboxylic acids is 1. The van der Waals surface area contributed by atoms with Gasteiger partial charge in [-0.2, -0.15) is 5.26 Å². The highest BCUT2D eigenvalue weighted by atomic mass is 32.2. The lowest BCUT2D eigenvalue weighted by Gasteiger charge is -2.17. The number of carboxylic acids is 1. The van der Waals surface area contributed by atoms with Crippen LogP contribution in [-0.2, 0) is 14.8 Å². The fraction of sp³-hybridized carbons (Fsp3) is 0.125. The average Bonchev–Trinajstić information content (AvgIpc) is 2.54. The van der Waals surface area contributed by atoms with Gasteiger partial charge in [-0.25, -0.2) is 17.5 Å². The molecule has 6 nitrogen and oxygen atoms in total. The third-order valence-corrected chi connectivity index (χ3v) is 4.69. The molecule has 2 aromatic rings. The number of hydrogen-bond donors (Lipinski definition) is 2. The highest BCUT2D eigenvalue weighted by molar-refractivity contribution is 7.89. The Kier molecular flexibility index (Phi) is 5.28. The van der Waals surface area contributed by atoms with Crippen molar-refractivity contribution in [1.29, 1.82) is 5.26 Å². The summed E-state index contributed by atoms with van der Waals surface area (Å²) in [7, 11) is -4.05. The summed E-state index contributed by atoms with van der Waals surface area (Å²) in [6.07, 6.45) is -0.511. The molecule has 2 N–H and O–H groups in total. The molecule has 0 unspecified atom stereocenters. The molecule has 0 aromatic heterocycles. The minimum absolute atomic E-state index is 0.154. The van der Waals surface area contributed by atoms with E-state index in [0.717, 1.165) is 12.1 Å². The fourth-order valence-electron chi connectivity index (χ4n) is 2.09. The third-order valence-electron chi connectivity index (χ3n) is 3.22. The number of benzene rings is 2. The van der Waals surface area contributed by atoms with E-state index < -0.39 is 34.3 Å². The van der Waals surface area contributed by atoms with Crippen molar-refractivity contribution in [3.05, 3.63) is 65.5 Å². The molecule has 124 valence electrons. The van der Waals surface area contributed by atoms with Gasteiger partial charge in [0.2, 0.25) is 10.0 Å².